The molecule has 120 valence electrons. The Morgan fingerprint density at radius 3 is 2.82 bits per heavy atom. The lowest BCUT2D eigenvalue weighted by Crippen LogP contribution is -2.49. The lowest BCUT2D eigenvalue weighted by molar-refractivity contribution is -0.138. The van der Waals surface area contributed by atoms with Crippen molar-refractivity contribution < 1.29 is 19.4 Å². The molecule has 1 aromatic rings. The smallest absolute Gasteiger partial charge is 0.322 e. The first kappa shape index (κ1) is 16.5. The van der Waals surface area contributed by atoms with Gasteiger partial charge in [-0.25, -0.2) is 0 Å². The normalized spacial score (nSPS) is 22.3. The third kappa shape index (κ3) is 4.29. The van der Waals surface area contributed by atoms with Crippen LogP contribution in [-0.4, -0.2) is 54.2 Å². The molecule has 1 saturated heterocycles. The number of rotatable bonds is 5. The molecule has 6 nitrogen and oxygen atoms in total. The quantitative estimate of drug-likeness (QED) is 0.847. The molecule has 1 amide bonds. The van der Waals surface area contributed by atoms with Crippen LogP contribution in [-0.2, 0) is 14.3 Å². The van der Waals surface area contributed by atoms with Crippen molar-refractivity contribution in [3.8, 4) is 0 Å². The van der Waals surface area contributed by atoms with Crippen LogP contribution in [0.5, 0.6) is 0 Å². The Kier molecular flexibility index (Phi) is 5.51. The molecule has 6 heteroatoms. The molecule has 1 fully saturated rings. The average molecular weight is 306 g/mol. The van der Waals surface area contributed by atoms with E-state index in [9.17, 15) is 9.59 Å². The Balaban J connectivity index is 1.98. The Morgan fingerprint density at radius 1 is 1.41 bits per heavy atom. The van der Waals surface area contributed by atoms with Gasteiger partial charge in [0.05, 0.1) is 19.3 Å². The summed E-state index contributed by atoms with van der Waals surface area (Å²) in [5, 5.41) is 11.0. The van der Waals surface area contributed by atoms with Crippen molar-refractivity contribution in [2.45, 2.75) is 26.0 Å². The summed E-state index contributed by atoms with van der Waals surface area (Å²) < 4.78 is 5.90. The van der Waals surface area contributed by atoms with E-state index in [1.54, 1.807) is 0 Å². The fraction of sp³-hybridized carbons (Fsp3) is 0.500. The van der Waals surface area contributed by atoms with Gasteiger partial charge < -0.3 is 15.2 Å². The molecule has 0 saturated carbocycles. The van der Waals surface area contributed by atoms with E-state index in [-0.39, 0.29) is 31.1 Å². The van der Waals surface area contributed by atoms with E-state index in [2.05, 4.69) is 5.32 Å². The molecular weight excluding hydrogens is 284 g/mol. The zero-order chi connectivity index (χ0) is 16.1. The molecule has 22 heavy (non-hydrogen) atoms. The van der Waals surface area contributed by atoms with E-state index in [4.69, 9.17) is 9.84 Å². The minimum Gasteiger partial charge on any atom is -0.480 e. The molecule has 0 aliphatic carbocycles. The Bertz CT molecular complexity index is 547. The van der Waals surface area contributed by atoms with Gasteiger partial charge in [-0.3, -0.25) is 14.5 Å². The largest absolute Gasteiger partial charge is 0.480 e. The summed E-state index contributed by atoms with van der Waals surface area (Å²) in [5.74, 6) is -1.32. The number of benzene rings is 1. The Hall–Kier alpha value is -1.92. The molecule has 1 aliphatic heterocycles. The number of hydrogen-bond acceptors (Lipinski definition) is 4. The average Bonchev–Trinajstić information content (AvgIpc) is 2.48. The summed E-state index contributed by atoms with van der Waals surface area (Å²) in [6.45, 7) is 5.04. The number of carboxylic acids is 1. The maximum absolute atomic E-state index is 11.8. The summed E-state index contributed by atoms with van der Waals surface area (Å²) in [7, 11) is 0. The van der Waals surface area contributed by atoms with Crippen molar-refractivity contribution in [1.82, 2.24) is 10.2 Å². The highest BCUT2D eigenvalue weighted by Crippen LogP contribution is 2.26. The molecule has 2 unspecified atom stereocenters. The number of carboxylic acid groups (broad SMARTS) is 1. The van der Waals surface area contributed by atoms with Crippen molar-refractivity contribution >= 4 is 11.9 Å². The number of nitrogens with zero attached hydrogens (tertiary/aromatic N) is 1. The highest BCUT2D eigenvalue weighted by molar-refractivity contribution is 5.82. The van der Waals surface area contributed by atoms with Crippen LogP contribution in [0.2, 0.25) is 0 Å². The molecule has 2 rings (SSSR count). The lowest BCUT2D eigenvalue weighted by Gasteiger charge is -2.38. The van der Waals surface area contributed by atoms with Crippen LogP contribution in [0.25, 0.3) is 0 Å². The molecule has 1 aliphatic rings. The topological polar surface area (TPSA) is 78.9 Å². The molecule has 1 aromatic carbocycles. The number of ether oxygens (including phenoxy) is 1. The predicted molar refractivity (Wildman–Crippen MR) is 81.6 cm³/mol. The molecule has 0 bridgehead atoms. The van der Waals surface area contributed by atoms with Crippen molar-refractivity contribution in [2.75, 3.05) is 26.2 Å². The summed E-state index contributed by atoms with van der Waals surface area (Å²) in [6, 6.07) is 8.17. The fourth-order valence-electron chi connectivity index (χ4n) is 2.58. The monoisotopic (exact) mass is 306 g/mol. The number of nitrogens with one attached hydrogen (secondary N) is 1. The van der Waals surface area contributed by atoms with E-state index in [1.165, 1.54) is 0 Å². The van der Waals surface area contributed by atoms with Gasteiger partial charge in [-0.05, 0) is 25.0 Å². The molecule has 0 radical (unpaired) electrons. The van der Waals surface area contributed by atoms with Gasteiger partial charge in [-0.2, -0.15) is 0 Å². The van der Waals surface area contributed by atoms with Gasteiger partial charge >= 0.3 is 5.97 Å². The number of morpholine rings is 1. The summed E-state index contributed by atoms with van der Waals surface area (Å²) in [6.07, 6.45) is -0.0651. The minimum absolute atomic E-state index is 0.0651. The maximum atomic E-state index is 11.8. The van der Waals surface area contributed by atoms with Gasteiger partial charge in [0, 0.05) is 12.6 Å². The van der Waals surface area contributed by atoms with Gasteiger partial charge in [0.25, 0.3) is 0 Å². The van der Waals surface area contributed by atoms with Gasteiger partial charge in [0.2, 0.25) is 5.91 Å². The zero-order valence-electron chi connectivity index (χ0n) is 12.9. The van der Waals surface area contributed by atoms with Crippen LogP contribution in [0.4, 0.5) is 0 Å². The van der Waals surface area contributed by atoms with Crippen LogP contribution in [0, 0.1) is 6.92 Å². The Labute approximate surface area is 130 Å². The second-order valence-electron chi connectivity index (χ2n) is 5.63. The maximum Gasteiger partial charge on any atom is 0.322 e. The second kappa shape index (κ2) is 7.38. The van der Waals surface area contributed by atoms with Crippen molar-refractivity contribution in [3.63, 3.8) is 0 Å². The molecule has 1 heterocycles. The standard InChI is InChI=1S/C16H22N2O4/c1-11-5-3-4-6-13(11)14-8-18(12(2)10-22-14)9-15(19)17-7-16(20)21/h3-6,12,14H,7-10H2,1-2H3,(H,17,19)(H,20,21). The van der Waals surface area contributed by atoms with Crippen molar-refractivity contribution in [1.29, 1.82) is 0 Å². The first-order valence-corrected chi connectivity index (χ1v) is 7.37. The van der Waals surface area contributed by atoms with Gasteiger partial charge in [-0.15, -0.1) is 0 Å². The third-order valence-corrected chi connectivity index (χ3v) is 3.88. The molecule has 2 atom stereocenters. The SMILES string of the molecule is Cc1ccccc1C1CN(CC(=O)NCC(=O)O)C(C)CO1. The van der Waals surface area contributed by atoms with Crippen LogP contribution < -0.4 is 5.32 Å². The number of aliphatic carboxylic acids is 1. The van der Waals surface area contributed by atoms with E-state index in [0.717, 1.165) is 11.1 Å². The van der Waals surface area contributed by atoms with Crippen LogP contribution in [0.15, 0.2) is 24.3 Å². The second-order valence-corrected chi connectivity index (χ2v) is 5.63. The first-order valence-electron chi connectivity index (χ1n) is 7.37. The first-order chi connectivity index (χ1) is 10.5. The minimum atomic E-state index is -1.04. The van der Waals surface area contributed by atoms with E-state index in [0.29, 0.717) is 13.2 Å². The fourth-order valence-corrected chi connectivity index (χ4v) is 2.58. The molecule has 0 spiro atoms. The van der Waals surface area contributed by atoms with Gasteiger partial charge in [-0.1, -0.05) is 24.3 Å². The highest BCUT2D eigenvalue weighted by Gasteiger charge is 2.29. The van der Waals surface area contributed by atoms with E-state index in [1.807, 2.05) is 43.0 Å². The summed E-state index contributed by atoms with van der Waals surface area (Å²) >= 11 is 0. The van der Waals surface area contributed by atoms with Crippen LogP contribution in [0.3, 0.4) is 0 Å². The molecule has 2 N–H and O–H groups in total. The predicted octanol–water partition coefficient (Wildman–Crippen LogP) is 0.958. The van der Waals surface area contributed by atoms with Crippen LogP contribution in [0.1, 0.15) is 24.2 Å². The zero-order valence-corrected chi connectivity index (χ0v) is 12.9. The van der Waals surface area contributed by atoms with Gasteiger partial charge in [0.15, 0.2) is 0 Å². The summed E-state index contributed by atoms with van der Waals surface area (Å²) in [4.78, 5) is 24.3. The Morgan fingerprint density at radius 2 is 2.14 bits per heavy atom. The van der Waals surface area contributed by atoms with Crippen LogP contribution >= 0.6 is 0 Å². The molecule has 0 aromatic heterocycles. The van der Waals surface area contributed by atoms with E-state index >= 15 is 0 Å². The number of hydrogen-bond donors (Lipinski definition) is 2. The van der Waals surface area contributed by atoms with E-state index < -0.39 is 5.97 Å². The number of carbonyl (C=O) groups is 2. The van der Waals surface area contributed by atoms with Crippen molar-refractivity contribution in [2.24, 2.45) is 0 Å². The summed E-state index contributed by atoms with van der Waals surface area (Å²) in [5.41, 5.74) is 2.29. The van der Waals surface area contributed by atoms with Gasteiger partial charge in [0.1, 0.15) is 6.54 Å². The number of carbonyl (C=O) groups excluding carboxylic acids is 1. The lowest BCUT2D eigenvalue weighted by atomic mass is 10.0. The number of aryl methyl sites for hydroxylation is 1. The third-order valence-electron chi connectivity index (χ3n) is 3.88. The highest BCUT2D eigenvalue weighted by atomic mass is 16.5. The molecular formula is C16H22N2O4. The van der Waals surface area contributed by atoms with Crippen molar-refractivity contribution in [3.05, 3.63) is 35.4 Å². The number of amides is 1.